The summed E-state index contributed by atoms with van der Waals surface area (Å²) in [7, 11) is 3.33. The highest BCUT2D eigenvalue weighted by Crippen LogP contribution is 2.04. The van der Waals surface area contributed by atoms with Gasteiger partial charge in [-0.15, -0.1) is 0 Å². The SMILES string of the molecule is CN(C)C(=O)NCCNC(=O)Cc1ccc(CN)cc1. The summed E-state index contributed by atoms with van der Waals surface area (Å²) in [6.07, 6.45) is 0.326. The van der Waals surface area contributed by atoms with E-state index >= 15 is 0 Å². The van der Waals surface area contributed by atoms with Gasteiger partial charge in [-0.3, -0.25) is 4.79 Å². The zero-order valence-corrected chi connectivity index (χ0v) is 12.0. The summed E-state index contributed by atoms with van der Waals surface area (Å²) in [6.45, 7) is 1.33. The van der Waals surface area contributed by atoms with Crippen LogP contribution < -0.4 is 16.4 Å². The summed E-state index contributed by atoms with van der Waals surface area (Å²) in [5.41, 5.74) is 7.49. The molecular formula is C14H22N4O2. The molecule has 0 saturated heterocycles. The molecule has 1 aromatic carbocycles. The van der Waals surface area contributed by atoms with E-state index in [2.05, 4.69) is 10.6 Å². The molecule has 0 aliphatic heterocycles. The molecule has 3 amide bonds. The van der Waals surface area contributed by atoms with Gasteiger partial charge in [0.25, 0.3) is 0 Å². The third-order valence-corrected chi connectivity index (χ3v) is 2.75. The van der Waals surface area contributed by atoms with E-state index in [1.807, 2.05) is 24.3 Å². The maximum Gasteiger partial charge on any atom is 0.316 e. The van der Waals surface area contributed by atoms with Gasteiger partial charge in [0.15, 0.2) is 0 Å². The lowest BCUT2D eigenvalue weighted by Gasteiger charge is -2.12. The Morgan fingerprint density at radius 3 is 2.15 bits per heavy atom. The number of hydrogen-bond donors (Lipinski definition) is 3. The van der Waals surface area contributed by atoms with E-state index in [0.717, 1.165) is 11.1 Å². The Labute approximate surface area is 119 Å². The zero-order valence-electron chi connectivity index (χ0n) is 12.0. The van der Waals surface area contributed by atoms with Gasteiger partial charge in [0.1, 0.15) is 0 Å². The van der Waals surface area contributed by atoms with Gasteiger partial charge in [-0.25, -0.2) is 4.79 Å². The normalized spacial score (nSPS) is 9.95. The number of amides is 3. The fraction of sp³-hybridized carbons (Fsp3) is 0.429. The van der Waals surface area contributed by atoms with Gasteiger partial charge in [-0.05, 0) is 11.1 Å². The Balaban J connectivity index is 2.24. The molecular weight excluding hydrogens is 256 g/mol. The smallest absolute Gasteiger partial charge is 0.316 e. The number of nitrogens with two attached hydrogens (primary N) is 1. The summed E-state index contributed by atoms with van der Waals surface area (Å²) in [6, 6.07) is 7.46. The van der Waals surface area contributed by atoms with E-state index in [-0.39, 0.29) is 11.9 Å². The van der Waals surface area contributed by atoms with Crippen molar-refractivity contribution in [3.8, 4) is 0 Å². The molecule has 4 N–H and O–H groups in total. The summed E-state index contributed by atoms with van der Waals surface area (Å²) in [5, 5.41) is 5.43. The molecule has 0 aromatic heterocycles. The molecule has 0 unspecified atom stereocenters. The van der Waals surface area contributed by atoms with Crippen molar-refractivity contribution in [2.75, 3.05) is 27.2 Å². The van der Waals surface area contributed by atoms with Gasteiger partial charge in [0.2, 0.25) is 5.91 Å². The van der Waals surface area contributed by atoms with Crippen molar-refractivity contribution in [2.24, 2.45) is 5.73 Å². The van der Waals surface area contributed by atoms with E-state index in [1.54, 1.807) is 14.1 Å². The first kappa shape index (κ1) is 16.0. The summed E-state index contributed by atoms with van der Waals surface area (Å²) < 4.78 is 0. The molecule has 0 fully saturated rings. The molecule has 0 spiro atoms. The van der Waals surface area contributed by atoms with Crippen LogP contribution in [-0.2, 0) is 17.8 Å². The third kappa shape index (κ3) is 5.71. The first-order valence-corrected chi connectivity index (χ1v) is 6.52. The predicted octanol–water partition coefficient (Wildman–Crippen LogP) is 0.0752. The van der Waals surface area contributed by atoms with Crippen LogP contribution in [0.2, 0.25) is 0 Å². The van der Waals surface area contributed by atoms with Crippen LogP contribution in [0.4, 0.5) is 4.79 Å². The van der Waals surface area contributed by atoms with Crippen LogP contribution in [0.3, 0.4) is 0 Å². The maximum atomic E-state index is 11.7. The standard InChI is InChI=1S/C14H22N4O2/c1-18(2)14(20)17-8-7-16-13(19)9-11-3-5-12(10-15)6-4-11/h3-6H,7-10,15H2,1-2H3,(H,16,19)(H,17,20). The zero-order chi connectivity index (χ0) is 15.0. The number of nitrogens with one attached hydrogen (secondary N) is 2. The van der Waals surface area contributed by atoms with Gasteiger partial charge in [-0.1, -0.05) is 24.3 Å². The predicted molar refractivity (Wildman–Crippen MR) is 78.1 cm³/mol. The van der Waals surface area contributed by atoms with E-state index in [0.29, 0.717) is 26.1 Å². The largest absolute Gasteiger partial charge is 0.354 e. The summed E-state index contributed by atoms with van der Waals surface area (Å²) in [5.74, 6) is -0.0652. The fourth-order valence-electron chi connectivity index (χ4n) is 1.57. The van der Waals surface area contributed by atoms with E-state index in [9.17, 15) is 9.59 Å². The number of carbonyl (C=O) groups excluding carboxylic acids is 2. The average Bonchev–Trinajstić information content (AvgIpc) is 2.44. The topological polar surface area (TPSA) is 87.5 Å². The van der Waals surface area contributed by atoms with Crippen molar-refractivity contribution in [3.63, 3.8) is 0 Å². The Hall–Kier alpha value is -2.08. The van der Waals surface area contributed by atoms with Crippen LogP contribution in [-0.4, -0.2) is 44.0 Å². The van der Waals surface area contributed by atoms with Crippen LogP contribution in [0.5, 0.6) is 0 Å². The fourth-order valence-corrected chi connectivity index (χ4v) is 1.57. The van der Waals surface area contributed by atoms with E-state index < -0.39 is 0 Å². The number of hydrogen-bond acceptors (Lipinski definition) is 3. The first-order valence-electron chi connectivity index (χ1n) is 6.52. The maximum absolute atomic E-state index is 11.7. The highest BCUT2D eigenvalue weighted by atomic mass is 16.2. The Morgan fingerprint density at radius 2 is 1.60 bits per heavy atom. The number of nitrogens with zero attached hydrogens (tertiary/aromatic N) is 1. The van der Waals surface area contributed by atoms with Crippen LogP contribution in [0.1, 0.15) is 11.1 Å². The summed E-state index contributed by atoms with van der Waals surface area (Å²) >= 11 is 0. The summed E-state index contributed by atoms with van der Waals surface area (Å²) in [4.78, 5) is 24.4. The number of urea groups is 1. The minimum absolute atomic E-state index is 0.0652. The lowest BCUT2D eigenvalue weighted by atomic mass is 10.1. The monoisotopic (exact) mass is 278 g/mol. The second-order valence-corrected chi connectivity index (χ2v) is 4.67. The van der Waals surface area contributed by atoms with Crippen molar-refractivity contribution in [2.45, 2.75) is 13.0 Å². The highest BCUT2D eigenvalue weighted by molar-refractivity contribution is 5.78. The average molecular weight is 278 g/mol. The molecule has 1 aromatic rings. The van der Waals surface area contributed by atoms with Gasteiger partial charge in [0, 0.05) is 33.7 Å². The molecule has 6 heteroatoms. The molecule has 0 saturated carbocycles. The second kappa shape index (κ2) is 8.16. The molecule has 20 heavy (non-hydrogen) atoms. The number of carbonyl (C=O) groups is 2. The quantitative estimate of drug-likeness (QED) is 0.644. The minimum atomic E-state index is -0.170. The Kier molecular flexibility index (Phi) is 6.52. The van der Waals surface area contributed by atoms with Crippen LogP contribution in [0.15, 0.2) is 24.3 Å². The van der Waals surface area contributed by atoms with Crippen LogP contribution in [0, 0.1) is 0 Å². The molecule has 0 aliphatic rings. The van der Waals surface area contributed by atoms with E-state index in [1.165, 1.54) is 4.90 Å². The van der Waals surface area contributed by atoms with Crippen LogP contribution >= 0.6 is 0 Å². The van der Waals surface area contributed by atoms with Gasteiger partial charge >= 0.3 is 6.03 Å². The minimum Gasteiger partial charge on any atom is -0.354 e. The van der Waals surface area contributed by atoms with Crippen molar-refractivity contribution in [1.29, 1.82) is 0 Å². The highest BCUT2D eigenvalue weighted by Gasteiger charge is 2.04. The second-order valence-electron chi connectivity index (χ2n) is 4.67. The Bertz CT molecular complexity index is 443. The molecule has 0 bridgehead atoms. The lowest BCUT2D eigenvalue weighted by Crippen LogP contribution is -2.39. The Morgan fingerprint density at radius 1 is 1.05 bits per heavy atom. The third-order valence-electron chi connectivity index (χ3n) is 2.75. The molecule has 0 aliphatic carbocycles. The molecule has 110 valence electrons. The van der Waals surface area contributed by atoms with E-state index in [4.69, 9.17) is 5.73 Å². The van der Waals surface area contributed by atoms with Crippen LogP contribution in [0.25, 0.3) is 0 Å². The lowest BCUT2D eigenvalue weighted by molar-refractivity contribution is -0.120. The van der Waals surface area contributed by atoms with Gasteiger partial charge in [0.05, 0.1) is 6.42 Å². The molecule has 0 heterocycles. The van der Waals surface area contributed by atoms with Crippen molar-refractivity contribution in [1.82, 2.24) is 15.5 Å². The number of rotatable bonds is 6. The molecule has 6 nitrogen and oxygen atoms in total. The molecule has 1 rings (SSSR count). The van der Waals surface area contributed by atoms with Crippen molar-refractivity contribution < 1.29 is 9.59 Å². The molecule has 0 radical (unpaired) electrons. The van der Waals surface area contributed by atoms with Crippen molar-refractivity contribution >= 4 is 11.9 Å². The van der Waals surface area contributed by atoms with Crippen molar-refractivity contribution in [3.05, 3.63) is 35.4 Å². The van der Waals surface area contributed by atoms with Gasteiger partial charge in [-0.2, -0.15) is 0 Å². The number of benzene rings is 1. The first-order chi connectivity index (χ1) is 9.52. The molecule has 0 atom stereocenters. The van der Waals surface area contributed by atoms with Gasteiger partial charge < -0.3 is 21.3 Å².